The number of nitrogens with one attached hydrogen (secondary N) is 1. The molecule has 2 rings (SSSR count). The van der Waals surface area contributed by atoms with Gasteiger partial charge in [0.2, 0.25) is 5.91 Å². The molecule has 198 valence electrons. The molecule has 1 aromatic carbocycles. The number of carbonyl (C=O) groups excluding carboxylic acids is 4. The summed E-state index contributed by atoms with van der Waals surface area (Å²) in [4.78, 5) is 56.6. The molecule has 0 unspecified atom stereocenters. The second kappa shape index (κ2) is 13.6. The number of likely N-dealkylation sites (tertiary alicyclic amines) is 1. The molecule has 9 nitrogen and oxygen atoms in total. The standard InChI is InChI=1S/C25H35F2N5O4/c1-15(2)22(31-23(35)16-7-9-18(27)10-8-16)24(36)32-12-4-6-19(32)20(33)13-17(21(34)14-26)5-3-11-30-25(28)29/h7-10,15,17,19,22H,3-6,11-14H2,1-2H3,(H,31,35)(H4,28,29,30)/t17-,19+,22+/m1/s1. The topological polar surface area (TPSA) is 148 Å². The summed E-state index contributed by atoms with van der Waals surface area (Å²) in [5, 5.41) is 2.70. The zero-order valence-electron chi connectivity index (χ0n) is 20.7. The van der Waals surface area contributed by atoms with E-state index in [1.807, 2.05) is 0 Å². The SMILES string of the molecule is CC(C)[C@H](NC(=O)c1ccc(F)cc1)C(=O)N1CCC[C@H]1C(=O)C[C@@H](CCCN=C(N)N)C(=O)CF. The second-order valence-corrected chi connectivity index (χ2v) is 9.31. The van der Waals surface area contributed by atoms with E-state index in [4.69, 9.17) is 11.5 Å². The van der Waals surface area contributed by atoms with E-state index in [9.17, 15) is 28.0 Å². The number of carbonyl (C=O) groups is 4. The highest BCUT2D eigenvalue weighted by Crippen LogP contribution is 2.25. The lowest BCUT2D eigenvalue weighted by Crippen LogP contribution is -2.54. The van der Waals surface area contributed by atoms with Crippen molar-refractivity contribution in [2.45, 2.75) is 58.0 Å². The number of nitrogens with zero attached hydrogens (tertiary/aromatic N) is 2. The number of alkyl halides is 1. The Morgan fingerprint density at radius 3 is 2.42 bits per heavy atom. The fraction of sp³-hybridized carbons (Fsp3) is 0.560. The largest absolute Gasteiger partial charge is 0.370 e. The molecular formula is C25H35F2N5O4. The van der Waals surface area contributed by atoms with Gasteiger partial charge >= 0.3 is 0 Å². The minimum Gasteiger partial charge on any atom is -0.370 e. The third-order valence-corrected chi connectivity index (χ3v) is 6.27. The van der Waals surface area contributed by atoms with Crippen LogP contribution in [0.5, 0.6) is 0 Å². The van der Waals surface area contributed by atoms with Crippen LogP contribution in [0.25, 0.3) is 0 Å². The van der Waals surface area contributed by atoms with Crippen LogP contribution in [0, 0.1) is 17.7 Å². The number of halogens is 2. The molecule has 0 bridgehead atoms. The Hall–Kier alpha value is -3.37. The maximum atomic E-state index is 13.4. The van der Waals surface area contributed by atoms with Crippen molar-refractivity contribution < 1.29 is 28.0 Å². The number of aliphatic imine (C=N–C) groups is 1. The predicted octanol–water partition coefficient (Wildman–Crippen LogP) is 1.74. The average molecular weight is 508 g/mol. The molecular weight excluding hydrogens is 472 g/mol. The molecule has 0 aliphatic carbocycles. The molecule has 3 atom stereocenters. The number of hydrogen-bond donors (Lipinski definition) is 3. The van der Waals surface area contributed by atoms with E-state index in [1.165, 1.54) is 17.0 Å². The maximum absolute atomic E-state index is 13.4. The summed E-state index contributed by atoms with van der Waals surface area (Å²) < 4.78 is 26.3. The van der Waals surface area contributed by atoms with E-state index >= 15 is 0 Å². The van der Waals surface area contributed by atoms with Gasteiger partial charge in [-0.25, -0.2) is 8.78 Å². The van der Waals surface area contributed by atoms with E-state index in [-0.39, 0.29) is 42.6 Å². The molecule has 1 saturated heterocycles. The number of hydrogen-bond acceptors (Lipinski definition) is 5. The first-order valence-electron chi connectivity index (χ1n) is 12.1. The monoisotopic (exact) mass is 507 g/mol. The fourth-order valence-corrected chi connectivity index (χ4v) is 4.29. The van der Waals surface area contributed by atoms with Crippen LogP contribution >= 0.6 is 0 Å². The Morgan fingerprint density at radius 2 is 1.83 bits per heavy atom. The van der Waals surface area contributed by atoms with E-state index in [1.54, 1.807) is 13.8 Å². The maximum Gasteiger partial charge on any atom is 0.251 e. The highest BCUT2D eigenvalue weighted by Gasteiger charge is 2.39. The summed E-state index contributed by atoms with van der Waals surface area (Å²) in [6, 6.07) is 3.30. The van der Waals surface area contributed by atoms with Gasteiger partial charge < -0.3 is 21.7 Å². The minimum atomic E-state index is -1.18. The molecule has 1 aliphatic heterocycles. The molecule has 36 heavy (non-hydrogen) atoms. The van der Waals surface area contributed by atoms with Gasteiger partial charge in [0.25, 0.3) is 5.91 Å². The van der Waals surface area contributed by atoms with Gasteiger partial charge in [0.05, 0.1) is 6.04 Å². The zero-order chi connectivity index (χ0) is 26.8. The first-order chi connectivity index (χ1) is 17.0. The van der Waals surface area contributed by atoms with E-state index in [0.717, 1.165) is 12.1 Å². The molecule has 2 amide bonds. The van der Waals surface area contributed by atoms with Crippen molar-refractivity contribution in [2.24, 2.45) is 28.3 Å². The van der Waals surface area contributed by atoms with Gasteiger partial charge in [-0.1, -0.05) is 13.8 Å². The van der Waals surface area contributed by atoms with Crippen molar-refractivity contribution >= 4 is 29.3 Å². The van der Waals surface area contributed by atoms with Crippen molar-refractivity contribution in [1.29, 1.82) is 0 Å². The highest BCUT2D eigenvalue weighted by molar-refractivity contribution is 5.99. The van der Waals surface area contributed by atoms with Crippen LogP contribution < -0.4 is 16.8 Å². The first-order valence-corrected chi connectivity index (χ1v) is 12.1. The summed E-state index contributed by atoms with van der Waals surface area (Å²) in [7, 11) is 0. The van der Waals surface area contributed by atoms with Crippen LogP contribution in [0.15, 0.2) is 29.3 Å². The molecule has 1 fully saturated rings. The van der Waals surface area contributed by atoms with E-state index < -0.39 is 48.1 Å². The quantitative estimate of drug-likeness (QED) is 0.210. The molecule has 0 aromatic heterocycles. The zero-order valence-corrected chi connectivity index (χ0v) is 20.7. The van der Waals surface area contributed by atoms with Crippen LogP contribution in [0.3, 0.4) is 0 Å². The number of amides is 2. The molecule has 1 aliphatic rings. The Kier molecular flexibility index (Phi) is 10.9. The average Bonchev–Trinajstić information content (AvgIpc) is 3.33. The fourth-order valence-electron chi connectivity index (χ4n) is 4.29. The minimum absolute atomic E-state index is 0.0919. The van der Waals surface area contributed by atoms with Gasteiger partial charge in [0.15, 0.2) is 17.5 Å². The normalized spacial score (nSPS) is 16.9. The van der Waals surface area contributed by atoms with Crippen molar-refractivity contribution in [3.63, 3.8) is 0 Å². The third-order valence-electron chi connectivity index (χ3n) is 6.27. The van der Waals surface area contributed by atoms with Crippen molar-refractivity contribution in [1.82, 2.24) is 10.2 Å². The lowest BCUT2D eigenvalue weighted by Gasteiger charge is -2.31. The van der Waals surface area contributed by atoms with Gasteiger partial charge in [-0.3, -0.25) is 24.2 Å². The van der Waals surface area contributed by atoms with Crippen molar-refractivity contribution in [3.8, 4) is 0 Å². The number of Topliss-reactive ketones (excluding diaryl/α,β-unsaturated/α-hetero) is 2. The molecule has 0 spiro atoms. The summed E-state index contributed by atoms with van der Waals surface area (Å²) in [6.07, 6.45) is 1.47. The van der Waals surface area contributed by atoms with Crippen LogP contribution in [-0.2, 0) is 14.4 Å². The predicted molar refractivity (Wildman–Crippen MR) is 131 cm³/mol. The summed E-state index contributed by atoms with van der Waals surface area (Å²) in [5.41, 5.74) is 10.8. The second-order valence-electron chi connectivity index (χ2n) is 9.31. The summed E-state index contributed by atoms with van der Waals surface area (Å²) in [5.74, 6) is -3.61. The van der Waals surface area contributed by atoms with Crippen LogP contribution in [0.1, 0.15) is 56.3 Å². The molecule has 1 heterocycles. The Bertz CT molecular complexity index is 964. The van der Waals surface area contributed by atoms with Gasteiger partial charge in [-0.15, -0.1) is 0 Å². The lowest BCUT2D eigenvalue weighted by molar-refractivity contribution is -0.140. The third kappa shape index (κ3) is 8.10. The number of rotatable bonds is 13. The van der Waals surface area contributed by atoms with E-state index in [0.29, 0.717) is 25.8 Å². The van der Waals surface area contributed by atoms with Crippen molar-refractivity contribution in [2.75, 3.05) is 19.8 Å². The highest BCUT2D eigenvalue weighted by atomic mass is 19.1. The number of guanidine groups is 1. The van der Waals surface area contributed by atoms with Crippen LogP contribution in [-0.4, -0.2) is 66.1 Å². The molecule has 1 aromatic rings. The van der Waals surface area contributed by atoms with Gasteiger partial charge in [-0.2, -0.15) is 0 Å². The number of nitrogens with two attached hydrogens (primary N) is 2. The summed E-state index contributed by atoms with van der Waals surface area (Å²) in [6.45, 7) is 2.94. The van der Waals surface area contributed by atoms with Gasteiger partial charge in [0.1, 0.15) is 18.5 Å². The van der Waals surface area contributed by atoms with Crippen LogP contribution in [0.2, 0.25) is 0 Å². The van der Waals surface area contributed by atoms with E-state index in [2.05, 4.69) is 10.3 Å². The number of ketones is 2. The van der Waals surface area contributed by atoms with Gasteiger partial charge in [-0.05, 0) is 55.9 Å². The Morgan fingerprint density at radius 1 is 1.17 bits per heavy atom. The summed E-state index contributed by atoms with van der Waals surface area (Å²) >= 11 is 0. The molecule has 5 N–H and O–H groups in total. The van der Waals surface area contributed by atoms with Crippen LogP contribution in [0.4, 0.5) is 8.78 Å². The Labute approximate surface area is 209 Å². The van der Waals surface area contributed by atoms with Gasteiger partial charge in [0, 0.05) is 31.0 Å². The molecule has 0 saturated carbocycles. The number of benzene rings is 1. The Balaban J connectivity index is 2.09. The lowest BCUT2D eigenvalue weighted by atomic mass is 9.90. The smallest absolute Gasteiger partial charge is 0.251 e. The van der Waals surface area contributed by atoms with Crippen molar-refractivity contribution in [3.05, 3.63) is 35.6 Å². The molecule has 11 heteroatoms. The molecule has 0 radical (unpaired) electrons. The first kappa shape index (κ1) is 28.9.